The molecule has 1 aromatic carbocycles. The van der Waals surface area contributed by atoms with Gasteiger partial charge in [-0.1, -0.05) is 24.3 Å². The highest BCUT2D eigenvalue weighted by Gasteiger charge is 2.29. The number of amides is 2. The molecule has 0 bridgehead atoms. The van der Waals surface area contributed by atoms with Gasteiger partial charge in [0, 0.05) is 7.05 Å². The Bertz CT molecular complexity index is 787. The summed E-state index contributed by atoms with van der Waals surface area (Å²) in [4.78, 5) is 26.2. The van der Waals surface area contributed by atoms with Crippen LogP contribution in [0.5, 0.6) is 0 Å². The van der Waals surface area contributed by atoms with Crippen molar-refractivity contribution in [3.8, 4) is 0 Å². The first kappa shape index (κ1) is 16.4. The molecule has 6 nitrogen and oxygen atoms in total. The molecule has 1 aliphatic rings. The fraction of sp³-hybridized carbons (Fsp3) is 0.353. The molecule has 1 N–H and O–H groups in total. The van der Waals surface area contributed by atoms with Gasteiger partial charge in [-0.05, 0) is 42.4 Å². The van der Waals surface area contributed by atoms with Gasteiger partial charge in [-0.25, -0.2) is 9.59 Å². The van der Waals surface area contributed by atoms with Crippen molar-refractivity contribution < 1.29 is 14.3 Å². The molecular weight excluding hydrogens is 326 g/mol. The molecule has 1 atom stereocenters. The number of nitrogens with zero attached hydrogens (tertiary/aromatic N) is 2. The monoisotopic (exact) mass is 345 g/mol. The Morgan fingerprint density at radius 1 is 1.38 bits per heavy atom. The maximum absolute atomic E-state index is 12.6. The molecule has 0 saturated heterocycles. The molecule has 1 aromatic heterocycles. The number of methoxy groups -OCH3 is 1. The third-order valence-corrected chi connectivity index (χ3v) is 5.22. The van der Waals surface area contributed by atoms with E-state index >= 15 is 0 Å². The molecule has 1 aliphatic carbocycles. The van der Waals surface area contributed by atoms with Gasteiger partial charge in [0.1, 0.15) is 10.6 Å². The summed E-state index contributed by atoms with van der Waals surface area (Å²) in [6.45, 7) is 1.72. The number of carbonyl (C=O) groups is 2. The smallest absolute Gasteiger partial charge is 0.342 e. The number of esters is 1. The minimum absolute atomic E-state index is 0.0387. The summed E-state index contributed by atoms with van der Waals surface area (Å²) in [5, 5.41) is 3.22. The summed E-state index contributed by atoms with van der Waals surface area (Å²) in [7, 11) is 3.08. The van der Waals surface area contributed by atoms with Crippen LogP contribution in [0.1, 0.15) is 39.6 Å². The predicted octanol–water partition coefficient (Wildman–Crippen LogP) is 3.39. The molecule has 0 spiro atoms. The number of aromatic nitrogens is 1. The second-order valence-electron chi connectivity index (χ2n) is 5.76. The van der Waals surface area contributed by atoms with Gasteiger partial charge < -0.3 is 9.64 Å². The molecule has 0 fully saturated rings. The summed E-state index contributed by atoms with van der Waals surface area (Å²) in [5.74, 6) is -0.495. The van der Waals surface area contributed by atoms with Crippen LogP contribution in [0.15, 0.2) is 24.3 Å². The first-order chi connectivity index (χ1) is 11.5. The Hall–Kier alpha value is -2.41. The van der Waals surface area contributed by atoms with Gasteiger partial charge in [-0.15, -0.1) is 0 Å². The lowest BCUT2D eigenvalue weighted by Gasteiger charge is -2.25. The van der Waals surface area contributed by atoms with Gasteiger partial charge in [0.25, 0.3) is 0 Å². The summed E-state index contributed by atoms with van der Waals surface area (Å²) < 4.78 is 8.91. The first-order valence-electron chi connectivity index (χ1n) is 7.69. The Kier molecular flexibility index (Phi) is 4.53. The summed E-state index contributed by atoms with van der Waals surface area (Å²) in [6.07, 6.45) is 1.86. The van der Waals surface area contributed by atoms with Gasteiger partial charge >= 0.3 is 12.0 Å². The molecule has 7 heteroatoms. The highest BCUT2D eigenvalue weighted by Crippen LogP contribution is 2.35. The zero-order chi connectivity index (χ0) is 17.3. The number of carbonyl (C=O) groups excluding carboxylic acids is 2. The summed E-state index contributed by atoms with van der Waals surface area (Å²) in [6, 6.07) is 7.95. The van der Waals surface area contributed by atoms with E-state index in [9.17, 15) is 9.59 Å². The number of ether oxygens (including phenoxy) is 1. The number of rotatable bonds is 3. The van der Waals surface area contributed by atoms with Crippen molar-refractivity contribution in [2.24, 2.45) is 0 Å². The van der Waals surface area contributed by atoms with Gasteiger partial charge in [-0.3, -0.25) is 5.32 Å². The summed E-state index contributed by atoms with van der Waals surface area (Å²) >= 11 is 1.08. The van der Waals surface area contributed by atoms with E-state index in [1.54, 1.807) is 18.9 Å². The standard InChI is InChI=1S/C17H19N3O3S/c1-10-14(16(21)23-3)15(24-19-10)18-17(22)20(2)13-9-8-11-6-4-5-7-12(11)13/h4-7,13H,8-9H2,1-3H3,(H,18,22)/t13-/m1/s1. The molecule has 24 heavy (non-hydrogen) atoms. The fourth-order valence-corrected chi connectivity index (χ4v) is 3.84. The number of nitrogens with one attached hydrogen (secondary N) is 1. The van der Waals surface area contributed by atoms with Crippen LogP contribution >= 0.6 is 11.5 Å². The SMILES string of the molecule is COC(=O)c1c(C)nsc1NC(=O)N(C)[C@@H]1CCc2ccccc21. The van der Waals surface area contributed by atoms with Crippen molar-refractivity contribution in [2.75, 3.05) is 19.5 Å². The number of urea groups is 1. The molecule has 126 valence electrons. The molecule has 1 heterocycles. The van der Waals surface area contributed by atoms with Crippen LogP contribution in [0, 0.1) is 6.92 Å². The lowest BCUT2D eigenvalue weighted by atomic mass is 10.1. The fourth-order valence-electron chi connectivity index (χ4n) is 3.06. The van der Waals surface area contributed by atoms with Crippen LogP contribution in [-0.4, -0.2) is 35.4 Å². The van der Waals surface area contributed by atoms with Crippen molar-refractivity contribution in [2.45, 2.75) is 25.8 Å². The van der Waals surface area contributed by atoms with Gasteiger partial charge in [0.15, 0.2) is 0 Å². The second kappa shape index (κ2) is 6.60. The Labute approximate surface area is 144 Å². The maximum atomic E-state index is 12.6. The number of hydrogen-bond acceptors (Lipinski definition) is 5. The van der Waals surface area contributed by atoms with Crippen LogP contribution in [0.25, 0.3) is 0 Å². The second-order valence-corrected chi connectivity index (χ2v) is 6.53. The average molecular weight is 345 g/mol. The highest BCUT2D eigenvalue weighted by atomic mass is 32.1. The largest absolute Gasteiger partial charge is 0.465 e. The molecule has 2 aromatic rings. The Morgan fingerprint density at radius 2 is 2.12 bits per heavy atom. The molecule has 0 aliphatic heterocycles. The van der Waals surface area contributed by atoms with Crippen molar-refractivity contribution in [3.05, 3.63) is 46.6 Å². The zero-order valence-corrected chi connectivity index (χ0v) is 14.6. The van der Waals surface area contributed by atoms with Crippen LogP contribution < -0.4 is 5.32 Å². The molecule has 0 radical (unpaired) electrons. The lowest BCUT2D eigenvalue weighted by molar-refractivity contribution is 0.0601. The molecule has 0 unspecified atom stereocenters. The van der Waals surface area contributed by atoms with Crippen molar-refractivity contribution in [1.82, 2.24) is 9.27 Å². The quantitative estimate of drug-likeness (QED) is 0.866. The minimum Gasteiger partial charge on any atom is -0.465 e. The van der Waals surface area contributed by atoms with Crippen molar-refractivity contribution in [1.29, 1.82) is 0 Å². The predicted molar refractivity (Wildman–Crippen MR) is 92.5 cm³/mol. The first-order valence-corrected chi connectivity index (χ1v) is 8.46. The van der Waals surface area contributed by atoms with Crippen LogP contribution in [0.3, 0.4) is 0 Å². The van der Waals surface area contributed by atoms with Gasteiger partial charge in [-0.2, -0.15) is 4.37 Å². The van der Waals surface area contributed by atoms with E-state index in [2.05, 4.69) is 21.8 Å². The van der Waals surface area contributed by atoms with E-state index in [-0.39, 0.29) is 12.1 Å². The molecule has 3 rings (SSSR count). The van der Waals surface area contributed by atoms with E-state index in [1.165, 1.54) is 18.2 Å². The normalized spacial score (nSPS) is 15.7. The average Bonchev–Trinajstić information content (AvgIpc) is 3.17. The van der Waals surface area contributed by atoms with E-state index in [1.807, 2.05) is 12.1 Å². The summed E-state index contributed by atoms with van der Waals surface area (Å²) in [5.41, 5.74) is 3.34. The number of aryl methyl sites for hydroxylation is 2. The third-order valence-electron chi connectivity index (χ3n) is 4.36. The van der Waals surface area contributed by atoms with Crippen molar-refractivity contribution >= 4 is 28.5 Å². The number of anilines is 1. The highest BCUT2D eigenvalue weighted by molar-refractivity contribution is 7.11. The minimum atomic E-state index is -0.495. The van der Waals surface area contributed by atoms with E-state index < -0.39 is 5.97 Å². The topological polar surface area (TPSA) is 71.5 Å². The van der Waals surface area contributed by atoms with E-state index in [4.69, 9.17) is 4.74 Å². The van der Waals surface area contributed by atoms with Gasteiger partial charge in [0.05, 0.1) is 18.8 Å². The molecule has 0 saturated carbocycles. The molecule has 2 amide bonds. The zero-order valence-electron chi connectivity index (χ0n) is 13.8. The number of benzene rings is 1. The van der Waals surface area contributed by atoms with Crippen LogP contribution in [0.2, 0.25) is 0 Å². The third kappa shape index (κ3) is 2.87. The molecular formula is C17H19N3O3S. The van der Waals surface area contributed by atoms with Crippen molar-refractivity contribution in [3.63, 3.8) is 0 Å². The lowest BCUT2D eigenvalue weighted by Crippen LogP contribution is -2.34. The maximum Gasteiger partial charge on any atom is 0.342 e. The number of hydrogen-bond donors (Lipinski definition) is 1. The van der Waals surface area contributed by atoms with Gasteiger partial charge in [0.2, 0.25) is 0 Å². The van der Waals surface area contributed by atoms with E-state index in [0.29, 0.717) is 16.3 Å². The number of fused-ring (bicyclic) bond motifs is 1. The Balaban J connectivity index is 1.78. The van der Waals surface area contributed by atoms with Crippen LogP contribution in [-0.2, 0) is 11.2 Å². The van der Waals surface area contributed by atoms with E-state index in [0.717, 1.165) is 24.4 Å². The van der Waals surface area contributed by atoms with Crippen LogP contribution in [0.4, 0.5) is 9.80 Å². The Morgan fingerprint density at radius 3 is 2.88 bits per heavy atom.